The molecule has 0 unspecified atom stereocenters. The van der Waals surface area contributed by atoms with E-state index >= 15 is 0 Å². The van der Waals surface area contributed by atoms with Crippen molar-refractivity contribution < 1.29 is 4.74 Å². The zero-order valence-corrected chi connectivity index (χ0v) is 17.2. The molecule has 27 heavy (non-hydrogen) atoms. The lowest BCUT2D eigenvalue weighted by Crippen LogP contribution is -2.36. The molecule has 0 fully saturated rings. The number of pyridine rings is 1. The number of benzene rings is 1. The molecule has 1 aromatic carbocycles. The number of ether oxygens (including phenoxy) is 1. The van der Waals surface area contributed by atoms with Crippen molar-refractivity contribution in [3.63, 3.8) is 0 Å². The lowest BCUT2D eigenvalue weighted by Gasteiger charge is -2.19. The first kappa shape index (κ1) is 20.6. The van der Waals surface area contributed by atoms with Gasteiger partial charge in [-0.1, -0.05) is 18.2 Å². The minimum absolute atomic E-state index is 0.137. The maximum Gasteiger partial charge on any atom is 0.191 e. The molecule has 0 spiro atoms. The van der Waals surface area contributed by atoms with Gasteiger partial charge in [-0.25, -0.2) is 4.98 Å². The molecule has 6 heteroatoms. The molecule has 6 nitrogen and oxygen atoms in total. The van der Waals surface area contributed by atoms with Crippen LogP contribution in [0.2, 0.25) is 0 Å². The molecule has 2 aromatic rings. The number of nitrogens with one attached hydrogen (secondary N) is 2. The van der Waals surface area contributed by atoms with Gasteiger partial charge in [0.05, 0.1) is 6.10 Å². The summed E-state index contributed by atoms with van der Waals surface area (Å²) in [7, 11) is 5.76. The molecule has 0 aliphatic carbocycles. The van der Waals surface area contributed by atoms with Gasteiger partial charge in [0.15, 0.2) is 5.96 Å². The van der Waals surface area contributed by atoms with Crippen molar-refractivity contribution in [3.8, 4) is 5.75 Å². The molecule has 1 aromatic heterocycles. The lowest BCUT2D eigenvalue weighted by atomic mass is 10.1. The lowest BCUT2D eigenvalue weighted by molar-refractivity contribution is 0.239. The van der Waals surface area contributed by atoms with Gasteiger partial charge in [0.1, 0.15) is 11.6 Å². The van der Waals surface area contributed by atoms with Gasteiger partial charge >= 0.3 is 0 Å². The molecule has 2 rings (SSSR count). The first-order valence-electron chi connectivity index (χ1n) is 9.22. The Hall–Kier alpha value is -2.76. The number of aliphatic imine (C=N–C) groups is 1. The van der Waals surface area contributed by atoms with E-state index in [0.29, 0.717) is 13.1 Å². The Morgan fingerprint density at radius 1 is 1.15 bits per heavy atom. The molecule has 0 saturated heterocycles. The first-order valence-corrected chi connectivity index (χ1v) is 9.22. The number of nitrogens with zero attached hydrogens (tertiary/aromatic N) is 3. The van der Waals surface area contributed by atoms with Crippen molar-refractivity contribution in [3.05, 3.63) is 53.2 Å². The predicted octanol–water partition coefficient (Wildman–Crippen LogP) is 3.11. The maximum absolute atomic E-state index is 5.95. The summed E-state index contributed by atoms with van der Waals surface area (Å²) in [5, 5.41) is 6.72. The summed E-state index contributed by atoms with van der Waals surface area (Å²) in [6.45, 7) is 7.42. The Bertz CT molecular complexity index is 771. The smallest absolute Gasteiger partial charge is 0.191 e. The van der Waals surface area contributed by atoms with Crippen molar-refractivity contribution in [1.82, 2.24) is 15.6 Å². The van der Waals surface area contributed by atoms with Gasteiger partial charge in [0, 0.05) is 51.6 Å². The number of aryl methyl sites for hydroxylation is 1. The molecule has 0 bridgehead atoms. The zero-order valence-electron chi connectivity index (χ0n) is 17.2. The van der Waals surface area contributed by atoms with Gasteiger partial charge < -0.3 is 20.3 Å². The Balaban J connectivity index is 2.01. The van der Waals surface area contributed by atoms with Crippen molar-refractivity contribution in [1.29, 1.82) is 0 Å². The van der Waals surface area contributed by atoms with Gasteiger partial charge in [0.25, 0.3) is 0 Å². The highest BCUT2D eigenvalue weighted by molar-refractivity contribution is 5.79. The van der Waals surface area contributed by atoms with E-state index in [1.54, 1.807) is 13.2 Å². The second-order valence-electron chi connectivity index (χ2n) is 6.94. The fourth-order valence-corrected chi connectivity index (χ4v) is 2.72. The summed E-state index contributed by atoms with van der Waals surface area (Å²) in [5.74, 6) is 2.60. The van der Waals surface area contributed by atoms with Gasteiger partial charge in [-0.2, -0.15) is 0 Å². The molecule has 2 N–H and O–H groups in total. The number of anilines is 1. The van der Waals surface area contributed by atoms with Crippen LogP contribution in [0, 0.1) is 6.92 Å². The van der Waals surface area contributed by atoms with Gasteiger partial charge in [-0.05, 0) is 38.5 Å². The van der Waals surface area contributed by atoms with E-state index < -0.39 is 0 Å². The van der Waals surface area contributed by atoms with Crippen LogP contribution in [0.25, 0.3) is 0 Å². The monoisotopic (exact) mass is 369 g/mol. The average Bonchev–Trinajstić information content (AvgIpc) is 2.63. The predicted molar refractivity (Wildman–Crippen MR) is 113 cm³/mol. The van der Waals surface area contributed by atoms with E-state index in [9.17, 15) is 0 Å². The van der Waals surface area contributed by atoms with Gasteiger partial charge in [-0.3, -0.25) is 4.99 Å². The average molecular weight is 370 g/mol. The minimum Gasteiger partial charge on any atom is -0.491 e. The van der Waals surface area contributed by atoms with Crippen LogP contribution < -0.4 is 20.3 Å². The summed E-state index contributed by atoms with van der Waals surface area (Å²) in [4.78, 5) is 10.8. The van der Waals surface area contributed by atoms with Crippen LogP contribution in [0.5, 0.6) is 5.75 Å². The molecule has 0 aliphatic rings. The Labute approximate surface area is 162 Å². The molecule has 0 radical (unpaired) electrons. The van der Waals surface area contributed by atoms with Crippen molar-refractivity contribution in [2.24, 2.45) is 4.99 Å². The van der Waals surface area contributed by atoms with E-state index in [0.717, 1.165) is 28.7 Å². The van der Waals surface area contributed by atoms with Crippen LogP contribution in [-0.2, 0) is 13.1 Å². The second kappa shape index (κ2) is 9.80. The molecular weight excluding hydrogens is 338 g/mol. The van der Waals surface area contributed by atoms with E-state index in [1.165, 1.54) is 5.56 Å². The summed E-state index contributed by atoms with van der Waals surface area (Å²) >= 11 is 0. The van der Waals surface area contributed by atoms with Crippen LogP contribution in [-0.4, -0.2) is 38.2 Å². The molecule has 0 saturated carbocycles. The van der Waals surface area contributed by atoms with Crippen LogP contribution in [0.1, 0.15) is 30.5 Å². The molecular formula is C21H31N5O. The fourth-order valence-electron chi connectivity index (χ4n) is 2.72. The summed E-state index contributed by atoms with van der Waals surface area (Å²) < 4.78 is 5.95. The number of aromatic nitrogens is 1. The molecule has 0 atom stereocenters. The van der Waals surface area contributed by atoms with E-state index in [1.807, 2.05) is 38.9 Å². The topological polar surface area (TPSA) is 61.8 Å². The van der Waals surface area contributed by atoms with E-state index in [2.05, 4.69) is 51.8 Å². The molecule has 1 heterocycles. The molecule has 146 valence electrons. The van der Waals surface area contributed by atoms with Crippen LogP contribution in [0.3, 0.4) is 0 Å². The van der Waals surface area contributed by atoms with Crippen LogP contribution in [0.4, 0.5) is 5.82 Å². The van der Waals surface area contributed by atoms with Gasteiger partial charge in [0.2, 0.25) is 0 Å². The maximum atomic E-state index is 5.95. The number of hydrogen-bond acceptors (Lipinski definition) is 4. The Morgan fingerprint density at radius 3 is 2.48 bits per heavy atom. The largest absolute Gasteiger partial charge is 0.491 e. The number of hydrogen-bond donors (Lipinski definition) is 2. The Morgan fingerprint density at radius 2 is 1.85 bits per heavy atom. The van der Waals surface area contributed by atoms with Crippen molar-refractivity contribution in [2.45, 2.75) is 40.0 Å². The summed E-state index contributed by atoms with van der Waals surface area (Å²) in [6.07, 6.45) is 1.94. The van der Waals surface area contributed by atoms with Crippen LogP contribution in [0.15, 0.2) is 41.5 Å². The third-order valence-electron chi connectivity index (χ3n) is 3.99. The summed E-state index contributed by atoms with van der Waals surface area (Å²) in [6, 6.07) is 10.3. The Kier molecular flexibility index (Phi) is 7.46. The first-order chi connectivity index (χ1) is 12.9. The molecule has 0 amide bonds. The minimum atomic E-state index is 0.137. The highest BCUT2D eigenvalue weighted by atomic mass is 16.5. The zero-order chi connectivity index (χ0) is 19.8. The second-order valence-corrected chi connectivity index (χ2v) is 6.94. The van der Waals surface area contributed by atoms with E-state index in [-0.39, 0.29) is 6.10 Å². The fraction of sp³-hybridized carbons (Fsp3) is 0.429. The van der Waals surface area contributed by atoms with E-state index in [4.69, 9.17) is 4.74 Å². The highest BCUT2D eigenvalue weighted by Gasteiger charge is 2.09. The number of guanidine groups is 1. The highest BCUT2D eigenvalue weighted by Crippen LogP contribution is 2.21. The third kappa shape index (κ3) is 6.16. The van der Waals surface area contributed by atoms with Crippen LogP contribution >= 0.6 is 0 Å². The quantitative estimate of drug-likeness (QED) is 0.580. The molecule has 0 aliphatic heterocycles. The third-order valence-corrected chi connectivity index (χ3v) is 3.99. The van der Waals surface area contributed by atoms with Crippen molar-refractivity contribution in [2.75, 3.05) is 26.0 Å². The SMILES string of the molecule is CN=C(NCc1ccc(C)cc1OC(C)C)NCc1cccnc1N(C)C. The number of rotatable bonds is 7. The standard InChI is InChI=1S/C21H31N5O/c1-15(2)27-19-12-16(3)9-10-17(19)13-24-21(22-4)25-14-18-8-7-11-23-20(18)26(5)6/h7-12,15H,13-14H2,1-6H3,(H2,22,24,25). The van der Waals surface area contributed by atoms with Gasteiger partial charge in [-0.15, -0.1) is 0 Å². The normalized spacial score (nSPS) is 11.4. The summed E-state index contributed by atoms with van der Waals surface area (Å²) in [5.41, 5.74) is 3.40. The van der Waals surface area contributed by atoms with Crippen molar-refractivity contribution >= 4 is 11.8 Å².